The first kappa shape index (κ1) is 25.9. The molecule has 37 heavy (non-hydrogen) atoms. The number of halogens is 2. The van der Waals surface area contributed by atoms with Crippen LogP contribution >= 0.6 is 0 Å². The monoisotopic (exact) mass is 506 g/mol. The van der Waals surface area contributed by atoms with E-state index in [0.29, 0.717) is 23.5 Å². The van der Waals surface area contributed by atoms with E-state index in [1.54, 1.807) is 48.5 Å². The van der Waals surface area contributed by atoms with Crippen LogP contribution in [0.5, 0.6) is 5.75 Å². The summed E-state index contributed by atoms with van der Waals surface area (Å²) < 4.78 is 33.6. The third-order valence-electron chi connectivity index (χ3n) is 6.04. The summed E-state index contributed by atoms with van der Waals surface area (Å²) in [4.78, 5) is 29.5. The molecule has 192 valence electrons. The molecule has 1 heterocycles. The average molecular weight is 507 g/mol. The average Bonchev–Trinajstić information content (AvgIpc) is 3.14. The molecule has 1 saturated heterocycles. The van der Waals surface area contributed by atoms with E-state index in [4.69, 9.17) is 4.74 Å². The summed E-state index contributed by atoms with van der Waals surface area (Å²) >= 11 is 0. The maximum absolute atomic E-state index is 14.1. The van der Waals surface area contributed by atoms with Gasteiger partial charge >= 0.3 is 0 Å². The Hall–Kier alpha value is -4.20. The van der Waals surface area contributed by atoms with Gasteiger partial charge in [-0.25, -0.2) is 8.78 Å². The van der Waals surface area contributed by atoms with Gasteiger partial charge in [0, 0.05) is 37.1 Å². The van der Waals surface area contributed by atoms with Crippen LogP contribution in [-0.4, -0.2) is 37.5 Å². The number of amides is 1. The zero-order valence-electron chi connectivity index (χ0n) is 21.0. The van der Waals surface area contributed by atoms with Crippen LogP contribution in [0.3, 0.4) is 0 Å². The smallest absolute Gasteiger partial charge is 0.300 e. The predicted molar refractivity (Wildman–Crippen MR) is 139 cm³/mol. The third-order valence-corrected chi connectivity index (χ3v) is 6.04. The number of ketones is 1. The van der Waals surface area contributed by atoms with Gasteiger partial charge in [-0.1, -0.05) is 38.1 Å². The van der Waals surface area contributed by atoms with Crippen LogP contribution in [0.2, 0.25) is 0 Å². The van der Waals surface area contributed by atoms with Gasteiger partial charge in [-0.05, 0) is 47.9 Å². The Morgan fingerprint density at radius 2 is 1.70 bits per heavy atom. The molecule has 1 unspecified atom stereocenters. The van der Waals surface area contributed by atoms with Crippen LogP contribution in [0, 0.1) is 17.6 Å². The first-order valence-corrected chi connectivity index (χ1v) is 11.8. The van der Waals surface area contributed by atoms with Gasteiger partial charge in [0.1, 0.15) is 11.5 Å². The number of nitrogens with zero attached hydrogens (tertiary/aromatic N) is 2. The molecule has 3 aromatic carbocycles. The van der Waals surface area contributed by atoms with Crippen molar-refractivity contribution in [3.05, 3.63) is 95.1 Å². The second-order valence-electron chi connectivity index (χ2n) is 9.49. The highest BCUT2D eigenvalue weighted by Gasteiger charge is 2.47. The Morgan fingerprint density at radius 1 is 1.00 bits per heavy atom. The molecular weight excluding hydrogens is 478 g/mol. The van der Waals surface area contributed by atoms with Gasteiger partial charge in [-0.15, -0.1) is 0 Å². The minimum absolute atomic E-state index is 0.00393. The van der Waals surface area contributed by atoms with E-state index in [1.807, 2.05) is 32.8 Å². The van der Waals surface area contributed by atoms with Gasteiger partial charge in [0.05, 0.1) is 18.2 Å². The summed E-state index contributed by atoms with van der Waals surface area (Å²) in [6.07, 6.45) is 0. The maximum atomic E-state index is 14.1. The highest BCUT2D eigenvalue weighted by Crippen LogP contribution is 2.43. The second-order valence-corrected chi connectivity index (χ2v) is 9.49. The van der Waals surface area contributed by atoms with Crippen LogP contribution in [-0.2, 0) is 9.59 Å². The molecule has 1 aliphatic heterocycles. The molecule has 0 spiro atoms. The molecule has 1 aliphatic rings. The molecular formula is C29H28F2N2O4. The van der Waals surface area contributed by atoms with Crippen LogP contribution < -0.4 is 14.5 Å². The Bertz CT molecular complexity index is 1370. The van der Waals surface area contributed by atoms with Gasteiger partial charge in [0.15, 0.2) is 11.6 Å². The fourth-order valence-electron chi connectivity index (χ4n) is 4.16. The lowest BCUT2D eigenvalue weighted by Gasteiger charge is -2.26. The van der Waals surface area contributed by atoms with Crippen molar-refractivity contribution in [2.24, 2.45) is 5.92 Å². The fraction of sp³-hybridized carbons (Fsp3) is 0.241. The summed E-state index contributed by atoms with van der Waals surface area (Å²) in [5, 5.41) is 11.3. The summed E-state index contributed by atoms with van der Waals surface area (Å²) in [7, 11) is 3.74. The van der Waals surface area contributed by atoms with Gasteiger partial charge in [-0.2, -0.15) is 0 Å². The number of hydrogen-bond donors (Lipinski definition) is 1. The quantitative estimate of drug-likeness (QED) is 0.253. The molecule has 0 aromatic heterocycles. The summed E-state index contributed by atoms with van der Waals surface area (Å²) in [6, 6.07) is 15.6. The van der Waals surface area contributed by atoms with Crippen molar-refractivity contribution < 1.29 is 28.2 Å². The molecule has 0 bridgehead atoms. The molecule has 0 saturated carbocycles. The van der Waals surface area contributed by atoms with Crippen LogP contribution in [0.15, 0.2) is 72.3 Å². The first-order chi connectivity index (χ1) is 17.6. The van der Waals surface area contributed by atoms with Crippen LogP contribution in [0.25, 0.3) is 5.76 Å². The standard InChI is InChI=1S/C29H28F2N2O4/c1-17(2)16-37-22-7-5-6-19(14-22)27(34)25-26(18-8-10-20(11-9-18)32(3)4)33(29(36)28(25)35)21-12-13-23(30)24(31)15-21/h5-15,17,26,34H,16H2,1-4H3/b27-25+. The zero-order valence-corrected chi connectivity index (χ0v) is 21.0. The van der Waals surface area contributed by atoms with E-state index in [9.17, 15) is 23.5 Å². The van der Waals surface area contributed by atoms with E-state index >= 15 is 0 Å². The van der Waals surface area contributed by atoms with E-state index < -0.39 is 29.4 Å². The van der Waals surface area contributed by atoms with E-state index in [-0.39, 0.29) is 22.9 Å². The van der Waals surface area contributed by atoms with Gasteiger partial charge < -0.3 is 14.7 Å². The zero-order chi connectivity index (χ0) is 26.9. The number of hydrogen-bond acceptors (Lipinski definition) is 5. The summed E-state index contributed by atoms with van der Waals surface area (Å²) in [5.41, 5.74) is 1.52. The molecule has 3 aromatic rings. The SMILES string of the molecule is CC(C)COc1cccc(/C(O)=C2\C(=O)C(=O)N(c3ccc(F)c(F)c3)C2c2ccc(N(C)C)cc2)c1. The van der Waals surface area contributed by atoms with Crippen molar-refractivity contribution >= 4 is 28.8 Å². The molecule has 0 aliphatic carbocycles. The minimum Gasteiger partial charge on any atom is -0.507 e. The lowest BCUT2D eigenvalue weighted by atomic mass is 9.94. The number of aliphatic hydroxyl groups excluding tert-OH is 1. The van der Waals surface area contributed by atoms with Gasteiger partial charge in [0.2, 0.25) is 0 Å². The fourth-order valence-corrected chi connectivity index (χ4v) is 4.16. The maximum Gasteiger partial charge on any atom is 0.300 e. The van der Waals surface area contributed by atoms with Crippen molar-refractivity contribution in [3.63, 3.8) is 0 Å². The topological polar surface area (TPSA) is 70.1 Å². The summed E-state index contributed by atoms with van der Waals surface area (Å²) in [5.74, 6) is -3.73. The Labute approximate surface area is 214 Å². The van der Waals surface area contributed by atoms with Crippen molar-refractivity contribution in [1.29, 1.82) is 0 Å². The number of benzene rings is 3. The molecule has 8 heteroatoms. The normalized spacial score (nSPS) is 16.9. The van der Waals surface area contributed by atoms with Gasteiger partial charge in [-0.3, -0.25) is 14.5 Å². The largest absolute Gasteiger partial charge is 0.507 e. The number of ether oxygens (including phenoxy) is 1. The van der Waals surface area contributed by atoms with Crippen molar-refractivity contribution in [2.75, 3.05) is 30.5 Å². The lowest BCUT2D eigenvalue weighted by Crippen LogP contribution is -2.29. The molecule has 4 rings (SSSR count). The Morgan fingerprint density at radius 3 is 2.32 bits per heavy atom. The van der Waals surface area contributed by atoms with E-state index in [1.165, 1.54) is 6.07 Å². The van der Waals surface area contributed by atoms with Crippen molar-refractivity contribution in [2.45, 2.75) is 19.9 Å². The van der Waals surface area contributed by atoms with Crippen LogP contribution in [0.1, 0.15) is 31.0 Å². The number of carbonyl (C=O) groups excluding carboxylic acids is 2. The summed E-state index contributed by atoms with van der Waals surface area (Å²) in [6.45, 7) is 4.47. The predicted octanol–water partition coefficient (Wildman–Crippen LogP) is 5.69. The highest BCUT2D eigenvalue weighted by molar-refractivity contribution is 6.51. The van der Waals surface area contributed by atoms with Gasteiger partial charge in [0.25, 0.3) is 11.7 Å². The first-order valence-electron chi connectivity index (χ1n) is 11.8. The Balaban J connectivity index is 1.87. The number of rotatable bonds is 7. The third kappa shape index (κ3) is 5.18. The van der Waals surface area contributed by atoms with E-state index in [0.717, 1.165) is 22.7 Å². The van der Waals surface area contributed by atoms with Crippen molar-refractivity contribution in [1.82, 2.24) is 0 Å². The molecule has 1 amide bonds. The second kappa shape index (κ2) is 10.4. The number of aliphatic hydroxyl groups is 1. The van der Waals surface area contributed by atoms with E-state index in [2.05, 4.69) is 0 Å². The molecule has 1 fully saturated rings. The molecule has 1 N–H and O–H groups in total. The lowest BCUT2D eigenvalue weighted by molar-refractivity contribution is -0.132. The number of Topliss-reactive ketones (excluding diaryl/α,β-unsaturated/α-hetero) is 1. The molecule has 1 atom stereocenters. The molecule has 0 radical (unpaired) electrons. The minimum atomic E-state index is -1.16. The highest BCUT2D eigenvalue weighted by atomic mass is 19.2. The Kier molecular flexibility index (Phi) is 7.29. The number of anilines is 2. The number of carbonyl (C=O) groups is 2. The van der Waals surface area contributed by atoms with Crippen LogP contribution in [0.4, 0.5) is 20.2 Å². The molecule has 6 nitrogen and oxygen atoms in total. The van der Waals surface area contributed by atoms with Crippen molar-refractivity contribution in [3.8, 4) is 5.75 Å².